The number of nitrogens with one attached hydrogen (secondary N) is 2. The highest BCUT2D eigenvalue weighted by atomic mass is 16.5. The summed E-state index contributed by atoms with van der Waals surface area (Å²) in [4.78, 5) is 28.1. The first-order chi connectivity index (χ1) is 10.2. The molecule has 0 aromatic heterocycles. The maximum atomic E-state index is 12.2. The van der Waals surface area contributed by atoms with Crippen LogP contribution in [0.2, 0.25) is 0 Å². The molecule has 0 spiro atoms. The Bertz CT molecular complexity index is 350. The molecule has 2 saturated heterocycles. The minimum atomic E-state index is -0.472. The molecule has 1 unspecified atom stereocenters. The maximum absolute atomic E-state index is 12.2. The van der Waals surface area contributed by atoms with Gasteiger partial charge in [0, 0.05) is 26.2 Å². The Morgan fingerprint density at radius 2 is 1.95 bits per heavy atom. The van der Waals surface area contributed by atoms with Crippen molar-refractivity contribution in [2.45, 2.75) is 19.4 Å². The summed E-state index contributed by atoms with van der Waals surface area (Å²) < 4.78 is 5.23. The Morgan fingerprint density at radius 3 is 2.71 bits per heavy atom. The summed E-state index contributed by atoms with van der Waals surface area (Å²) in [6, 6.07) is -0.472. The SMILES string of the molecule is CC(NC(=O)CN1CCCNCC1)C(=O)N1CCOCC1. The summed E-state index contributed by atoms with van der Waals surface area (Å²) in [5, 5.41) is 6.12. The Balaban J connectivity index is 1.74. The van der Waals surface area contributed by atoms with E-state index < -0.39 is 6.04 Å². The molecule has 0 aliphatic carbocycles. The Hall–Kier alpha value is -1.18. The van der Waals surface area contributed by atoms with E-state index >= 15 is 0 Å². The molecule has 2 aliphatic rings. The van der Waals surface area contributed by atoms with Crippen LogP contribution in [0.1, 0.15) is 13.3 Å². The van der Waals surface area contributed by atoms with Crippen molar-refractivity contribution < 1.29 is 14.3 Å². The third-order valence-electron chi connectivity index (χ3n) is 3.87. The smallest absolute Gasteiger partial charge is 0.245 e. The average Bonchev–Trinajstić information content (AvgIpc) is 2.75. The fourth-order valence-corrected chi connectivity index (χ4v) is 2.67. The third-order valence-corrected chi connectivity index (χ3v) is 3.87. The summed E-state index contributed by atoms with van der Waals surface area (Å²) in [6.07, 6.45) is 1.05. The van der Waals surface area contributed by atoms with Gasteiger partial charge in [-0.05, 0) is 26.4 Å². The van der Waals surface area contributed by atoms with Gasteiger partial charge in [0.2, 0.25) is 11.8 Å². The zero-order chi connectivity index (χ0) is 15.1. The van der Waals surface area contributed by atoms with Crippen molar-refractivity contribution in [3.63, 3.8) is 0 Å². The number of carbonyl (C=O) groups excluding carboxylic acids is 2. The van der Waals surface area contributed by atoms with E-state index in [0.717, 1.165) is 32.6 Å². The normalized spacial score (nSPS) is 22.4. The van der Waals surface area contributed by atoms with Crippen LogP contribution >= 0.6 is 0 Å². The second-order valence-corrected chi connectivity index (χ2v) is 5.61. The zero-order valence-corrected chi connectivity index (χ0v) is 12.8. The van der Waals surface area contributed by atoms with Crippen LogP contribution in [0.4, 0.5) is 0 Å². The molecule has 0 saturated carbocycles. The van der Waals surface area contributed by atoms with Crippen LogP contribution in [0.25, 0.3) is 0 Å². The van der Waals surface area contributed by atoms with E-state index in [9.17, 15) is 9.59 Å². The van der Waals surface area contributed by atoms with Crippen molar-refractivity contribution in [2.75, 3.05) is 59.0 Å². The van der Waals surface area contributed by atoms with E-state index in [1.807, 2.05) is 0 Å². The number of hydrogen-bond donors (Lipinski definition) is 2. The Morgan fingerprint density at radius 1 is 1.19 bits per heavy atom. The fraction of sp³-hybridized carbons (Fsp3) is 0.857. The highest BCUT2D eigenvalue weighted by Crippen LogP contribution is 2.01. The number of ether oxygens (including phenoxy) is 1. The lowest BCUT2D eigenvalue weighted by Crippen LogP contribution is -2.52. The van der Waals surface area contributed by atoms with Gasteiger partial charge in [-0.1, -0.05) is 0 Å². The lowest BCUT2D eigenvalue weighted by atomic mass is 10.2. The molecule has 120 valence electrons. The molecule has 0 aromatic rings. The highest BCUT2D eigenvalue weighted by molar-refractivity contribution is 5.88. The van der Waals surface area contributed by atoms with E-state index in [1.165, 1.54) is 0 Å². The van der Waals surface area contributed by atoms with Gasteiger partial charge in [0.05, 0.1) is 19.8 Å². The minimum Gasteiger partial charge on any atom is -0.378 e. The summed E-state index contributed by atoms with van der Waals surface area (Å²) in [7, 11) is 0. The van der Waals surface area contributed by atoms with Gasteiger partial charge in [-0.3, -0.25) is 14.5 Å². The molecule has 1 atom stereocenters. The van der Waals surface area contributed by atoms with Crippen LogP contribution < -0.4 is 10.6 Å². The van der Waals surface area contributed by atoms with Crippen LogP contribution in [-0.4, -0.2) is 86.7 Å². The predicted molar refractivity (Wildman–Crippen MR) is 78.9 cm³/mol. The van der Waals surface area contributed by atoms with Crippen molar-refractivity contribution in [1.82, 2.24) is 20.4 Å². The topological polar surface area (TPSA) is 73.9 Å². The van der Waals surface area contributed by atoms with Gasteiger partial charge in [0.1, 0.15) is 6.04 Å². The van der Waals surface area contributed by atoms with E-state index in [4.69, 9.17) is 4.74 Å². The standard InChI is InChI=1S/C14H26N4O3/c1-12(14(20)18-7-9-21-10-8-18)16-13(19)11-17-5-2-3-15-4-6-17/h12,15H,2-11H2,1H3,(H,16,19). The maximum Gasteiger partial charge on any atom is 0.245 e. The lowest BCUT2D eigenvalue weighted by molar-refractivity contribution is -0.139. The van der Waals surface area contributed by atoms with Crippen molar-refractivity contribution in [3.05, 3.63) is 0 Å². The van der Waals surface area contributed by atoms with E-state index in [0.29, 0.717) is 32.8 Å². The molecule has 2 fully saturated rings. The van der Waals surface area contributed by atoms with Gasteiger partial charge >= 0.3 is 0 Å². The van der Waals surface area contributed by atoms with Gasteiger partial charge in [-0.15, -0.1) is 0 Å². The molecule has 2 heterocycles. The van der Waals surface area contributed by atoms with Crippen LogP contribution in [0.15, 0.2) is 0 Å². The van der Waals surface area contributed by atoms with Crippen molar-refractivity contribution in [3.8, 4) is 0 Å². The molecular formula is C14H26N4O3. The molecule has 7 nitrogen and oxygen atoms in total. The molecule has 0 bridgehead atoms. The number of morpholine rings is 1. The van der Waals surface area contributed by atoms with E-state index in [1.54, 1.807) is 11.8 Å². The molecule has 0 aromatic carbocycles. The first kappa shape index (κ1) is 16.2. The average molecular weight is 298 g/mol. The Labute approximate surface area is 126 Å². The van der Waals surface area contributed by atoms with Crippen LogP contribution in [0, 0.1) is 0 Å². The summed E-state index contributed by atoms with van der Waals surface area (Å²) in [5.74, 6) is -0.102. The lowest BCUT2D eigenvalue weighted by Gasteiger charge is -2.29. The summed E-state index contributed by atoms with van der Waals surface area (Å²) >= 11 is 0. The van der Waals surface area contributed by atoms with Gasteiger partial charge in [0.25, 0.3) is 0 Å². The van der Waals surface area contributed by atoms with Gasteiger partial charge in [-0.25, -0.2) is 0 Å². The van der Waals surface area contributed by atoms with Crippen molar-refractivity contribution >= 4 is 11.8 Å². The van der Waals surface area contributed by atoms with Gasteiger partial charge in [0.15, 0.2) is 0 Å². The first-order valence-electron chi connectivity index (χ1n) is 7.76. The second kappa shape index (κ2) is 8.31. The molecule has 7 heteroatoms. The van der Waals surface area contributed by atoms with Gasteiger partial charge < -0.3 is 20.3 Å². The molecule has 2 amide bonds. The number of nitrogens with zero attached hydrogens (tertiary/aromatic N) is 2. The second-order valence-electron chi connectivity index (χ2n) is 5.61. The molecule has 2 aliphatic heterocycles. The minimum absolute atomic E-state index is 0.0239. The van der Waals surface area contributed by atoms with E-state index in [-0.39, 0.29) is 11.8 Å². The monoisotopic (exact) mass is 298 g/mol. The quantitative estimate of drug-likeness (QED) is 0.671. The zero-order valence-electron chi connectivity index (χ0n) is 12.8. The van der Waals surface area contributed by atoms with Crippen LogP contribution in [0.3, 0.4) is 0 Å². The molecule has 2 rings (SSSR count). The van der Waals surface area contributed by atoms with Crippen LogP contribution in [0.5, 0.6) is 0 Å². The van der Waals surface area contributed by atoms with Crippen molar-refractivity contribution in [1.29, 1.82) is 0 Å². The molecular weight excluding hydrogens is 272 g/mol. The Kier molecular flexibility index (Phi) is 6.41. The first-order valence-corrected chi connectivity index (χ1v) is 7.76. The number of hydrogen-bond acceptors (Lipinski definition) is 5. The molecule has 0 radical (unpaired) electrons. The van der Waals surface area contributed by atoms with E-state index in [2.05, 4.69) is 15.5 Å². The predicted octanol–water partition coefficient (Wildman–Crippen LogP) is -1.35. The third kappa shape index (κ3) is 5.26. The van der Waals surface area contributed by atoms with Crippen LogP contribution in [-0.2, 0) is 14.3 Å². The fourth-order valence-electron chi connectivity index (χ4n) is 2.67. The van der Waals surface area contributed by atoms with Gasteiger partial charge in [-0.2, -0.15) is 0 Å². The molecule has 2 N–H and O–H groups in total. The number of carbonyl (C=O) groups is 2. The number of amides is 2. The largest absolute Gasteiger partial charge is 0.378 e. The molecule has 21 heavy (non-hydrogen) atoms. The summed E-state index contributed by atoms with van der Waals surface area (Å²) in [5.41, 5.74) is 0. The highest BCUT2D eigenvalue weighted by Gasteiger charge is 2.24. The summed E-state index contributed by atoms with van der Waals surface area (Å²) in [6.45, 7) is 8.20. The van der Waals surface area contributed by atoms with Crippen molar-refractivity contribution in [2.24, 2.45) is 0 Å². The number of rotatable bonds is 4.